The van der Waals surface area contributed by atoms with Crippen molar-refractivity contribution >= 4 is 19.7 Å². The van der Waals surface area contributed by atoms with Crippen LogP contribution in [0.15, 0.2) is 117 Å². The molecule has 0 amide bonds. The van der Waals surface area contributed by atoms with Crippen molar-refractivity contribution in [1.82, 2.24) is 0 Å². The average molecular weight is 567 g/mol. The van der Waals surface area contributed by atoms with Crippen LogP contribution in [0.1, 0.15) is 29.2 Å². The molecule has 0 aliphatic carbocycles. The van der Waals surface area contributed by atoms with Crippen molar-refractivity contribution < 1.29 is 16.8 Å². The summed E-state index contributed by atoms with van der Waals surface area (Å²) in [5, 5.41) is 0. The monoisotopic (exact) mass is 566 g/mol. The standard InChI is InChI=1S/2C14H14O2S.C3H10N2/c2*1-11-3-7-13(8-4-11)17(15,16)14-9-5-12(2)6-10-14;1-3(5)2-4/h2*3-10H,1-2H3;3H,2,4-5H2,1H3. The SMILES string of the molecule is CC(N)CN.Cc1ccc(S(=O)(=O)c2ccc(C)cc2)cc1.Cc1ccc(S(=O)(=O)c2ccc(C)cc2)cc1. The van der Waals surface area contributed by atoms with Crippen LogP contribution in [0.3, 0.4) is 0 Å². The molecule has 4 rings (SSSR count). The highest BCUT2D eigenvalue weighted by Gasteiger charge is 2.17. The largest absolute Gasteiger partial charge is 0.329 e. The van der Waals surface area contributed by atoms with E-state index < -0.39 is 19.7 Å². The minimum absolute atomic E-state index is 0.162. The zero-order chi connectivity index (χ0) is 29.2. The highest BCUT2D eigenvalue weighted by Crippen LogP contribution is 2.22. The summed E-state index contributed by atoms with van der Waals surface area (Å²) in [6, 6.07) is 27.8. The predicted molar refractivity (Wildman–Crippen MR) is 158 cm³/mol. The van der Waals surface area contributed by atoms with Crippen LogP contribution in [0.25, 0.3) is 0 Å². The molecule has 0 heterocycles. The van der Waals surface area contributed by atoms with Crippen molar-refractivity contribution in [1.29, 1.82) is 0 Å². The van der Waals surface area contributed by atoms with E-state index in [2.05, 4.69) is 0 Å². The zero-order valence-corrected chi connectivity index (χ0v) is 24.8. The fourth-order valence-electron chi connectivity index (χ4n) is 3.14. The van der Waals surface area contributed by atoms with Crippen LogP contribution in [0.5, 0.6) is 0 Å². The van der Waals surface area contributed by atoms with E-state index in [9.17, 15) is 16.8 Å². The van der Waals surface area contributed by atoms with Gasteiger partial charge in [-0.25, -0.2) is 16.8 Å². The normalized spacial score (nSPS) is 11.9. The molecule has 1 atom stereocenters. The molecular weight excluding hydrogens is 528 g/mol. The number of benzene rings is 4. The van der Waals surface area contributed by atoms with Gasteiger partial charge in [0.2, 0.25) is 19.7 Å². The van der Waals surface area contributed by atoms with Crippen LogP contribution in [-0.2, 0) is 19.7 Å². The minimum Gasteiger partial charge on any atom is -0.329 e. The van der Waals surface area contributed by atoms with Gasteiger partial charge in [0.1, 0.15) is 0 Å². The van der Waals surface area contributed by atoms with Crippen LogP contribution in [0.2, 0.25) is 0 Å². The molecule has 4 aromatic carbocycles. The minimum atomic E-state index is -3.37. The van der Waals surface area contributed by atoms with E-state index in [1.807, 2.05) is 34.6 Å². The number of nitrogens with two attached hydrogens (primary N) is 2. The Bertz CT molecular complexity index is 1310. The van der Waals surface area contributed by atoms with Gasteiger partial charge in [0.25, 0.3) is 0 Å². The summed E-state index contributed by atoms with van der Waals surface area (Å²) in [6.07, 6.45) is 0. The summed E-state index contributed by atoms with van der Waals surface area (Å²) in [6.45, 7) is 10.2. The van der Waals surface area contributed by atoms with E-state index in [1.165, 1.54) is 0 Å². The highest BCUT2D eigenvalue weighted by molar-refractivity contribution is 7.91. The van der Waals surface area contributed by atoms with E-state index in [0.717, 1.165) is 22.3 Å². The first-order valence-electron chi connectivity index (χ1n) is 12.5. The van der Waals surface area contributed by atoms with Gasteiger partial charge in [0.05, 0.1) is 19.6 Å². The molecule has 4 aromatic rings. The number of sulfone groups is 2. The van der Waals surface area contributed by atoms with Gasteiger partial charge in [-0.2, -0.15) is 0 Å². The summed E-state index contributed by atoms with van der Waals surface area (Å²) >= 11 is 0. The van der Waals surface area contributed by atoms with E-state index in [-0.39, 0.29) is 6.04 Å². The molecule has 0 saturated carbocycles. The molecule has 0 spiro atoms. The highest BCUT2D eigenvalue weighted by atomic mass is 32.2. The predicted octanol–water partition coefficient (Wildman–Crippen LogP) is 5.56. The van der Waals surface area contributed by atoms with Crippen molar-refractivity contribution in [3.63, 3.8) is 0 Å². The lowest BCUT2D eigenvalue weighted by Crippen LogP contribution is -2.25. The van der Waals surface area contributed by atoms with Crippen molar-refractivity contribution in [2.75, 3.05) is 6.54 Å². The van der Waals surface area contributed by atoms with Gasteiger partial charge >= 0.3 is 0 Å². The number of hydrogen-bond acceptors (Lipinski definition) is 6. The molecular formula is C31H38N2O4S2. The van der Waals surface area contributed by atoms with Crippen LogP contribution in [0.4, 0.5) is 0 Å². The lowest BCUT2D eigenvalue weighted by Gasteiger charge is -2.05. The van der Waals surface area contributed by atoms with Crippen LogP contribution in [-0.4, -0.2) is 29.4 Å². The maximum Gasteiger partial charge on any atom is 0.206 e. The maximum absolute atomic E-state index is 12.3. The second-order valence-electron chi connectivity index (χ2n) is 9.47. The Morgan fingerprint density at radius 1 is 0.487 bits per heavy atom. The lowest BCUT2D eigenvalue weighted by molar-refractivity contribution is 0.594. The van der Waals surface area contributed by atoms with Gasteiger partial charge in [-0.05, 0) is 83.1 Å². The van der Waals surface area contributed by atoms with Gasteiger partial charge in [-0.3, -0.25) is 0 Å². The maximum atomic E-state index is 12.3. The molecule has 1 unspecified atom stereocenters. The van der Waals surface area contributed by atoms with Crippen molar-refractivity contribution in [2.45, 2.75) is 60.2 Å². The Balaban J connectivity index is 0.000000234. The summed E-state index contributed by atoms with van der Waals surface area (Å²) in [5.41, 5.74) is 14.4. The molecule has 0 saturated heterocycles. The fraction of sp³-hybridized carbons (Fsp3) is 0.226. The van der Waals surface area contributed by atoms with Crippen LogP contribution < -0.4 is 11.5 Å². The number of hydrogen-bond donors (Lipinski definition) is 2. The molecule has 0 fully saturated rings. The van der Waals surface area contributed by atoms with Gasteiger partial charge in [0, 0.05) is 12.6 Å². The Kier molecular flexibility index (Phi) is 11.6. The first-order chi connectivity index (χ1) is 18.3. The summed E-state index contributed by atoms with van der Waals surface area (Å²) in [4.78, 5) is 1.36. The Morgan fingerprint density at radius 3 is 0.769 bits per heavy atom. The molecule has 0 bridgehead atoms. The molecule has 208 valence electrons. The molecule has 8 heteroatoms. The Labute approximate surface area is 233 Å². The third-order valence-corrected chi connectivity index (χ3v) is 9.27. The number of aryl methyl sites for hydroxylation is 4. The van der Waals surface area contributed by atoms with E-state index in [0.29, 0.717) is 26.1 Å². The lowest BCUT2D eigenvalue weighted by atomic mass is 10.2. The van der Waals surface area contributed by atoms with Gasteiger partial charge in [0.15, 0.2) is 0 Å². The molecule has 0 radical (unpaired) electrons. The quantitative estimate of drug-likeness (QED) is 0.326. The molecule has 0 aliphatic heterocycles. The van der Waals surface area contributed by atoms with Crippen molar-refractivity contribution in [3.8, 4) is 0 Å². The fourth-order valence-corrected chi connectivity index (χ4v) is 5.66. The van der Waals surface area contributed by atoms with Crippen LogP contribution in [0, 0.1) is 27.7 Å². The topological polar surface area (TPSA) is 120 Å². The second kappa shape index (κ2) is 14.2. The van der Waals surface area contributed by atoms with Crippen molar-refractivity contribution in [3.05, 3.63) is 119 Å². The first kappa shape index (κ1) is 31.9. The average Bonchev–Trinajstić information content (AvgIpc) is 2.90. The molecule has 0 aromatic heterocycles. The third kappa shape index (κ3) is 9.44. The molecule has 0 aliphatic rings. The second-order valence-corrected chi connectivity index (χ2v) is 13.4. The summed E-state index contributed by atoms with van der Waals surface area (Å²) in [5.74, 6) is 0. The Hall–Kier alpha value is -3.30. The first-order valence-corrected chi connectivity index (χ1v) is 15.5. The van der Waals surface area contributed by atoms with E-state index in [4.69, 9.17) is 11.5 Å². The van der Waals surface area contributed by atoms with Gasteiger partial charge < -0.3 is 11.5 Å². The molecule has 4 N–H and O–H groups in total. The summed E-state index contributed by atoms with van der Waals surface area (Å²) in [7, 11) is -6.74. The smallest absolute Gasteiger partial charge is 0.206 e. The third-order valence-electron chi connectivity index (χ3n) is 5.70. The van der Waals surface area contributed by atoms with Crippen LogP contribution >= 0.6 is 0 Å². The van der Waals surface area contributed by atoms with Gasteiger partial charge in [-0.1, -0.05) is 70.8 Å². The van der Waals surface area contributed by atoms with Gasteiger partial charge in [-0.15, -0.1) is 0 Å². The van der Waals surface area contributed by atoms with E-state index in [1.54, 1.807) is 97.1 Å². The molecule has 39 heavy (non-hydrogen) atoms. The van der Waals surface area contributed by atoms with E-state index >= 15 is 0 Å². The molecule has 6 nitrogen and oxygen atoms in total. The number of rotatable bonds is 5. The Morgan fingerprint density at radius 2 is 0.641 bits per heavy atom. The van der Waals surface area contributed by atoms with Crippen molar-refractivity contribution in [2.24, 2.45) is 11.5 Å². The summed E-state index contributed by atoms with van der Waals surface area (Å²) < 4.78 is 49.0. The zero-order valence-electron chi connectivity index (χ0n) is 23.1.